The van der Waals surface area contributed by atoms with Crippen molar-refractivity contribution < 1.29 is 19.2 Å². The van der Waals surface area contributed by atoms with E-state index in [4.69, 9.17) is 4.74 Å². The number of aryl methyl sites for hydroxylation is 1. The number of benzene rings is 2. The number of nitrogens with zero attached hydrogens (tertiary/aromatic N) is 1. The first-order chi connectivity index (χ1) is 11.0. The zero-order chi connectivity index (χ0) is 16.8. The number of amides is 1. The average molecular weight is 314 g/mol. The molecule has 7 nitrogen and oxygen atoms in total. The van der Waals surface area contributed by atoms with Gasteiger partial charge in [-0.05, 0) is 24.6 Å². The summed E-state index contributed by atoms with van der Waals surface area (Å²) < 4.78 is 4.86. The molecule has 0 aliphatic rings. The van der Waals surface area contributed by atoms with Crippen molar-refractivity contribution >= 4 is 23.3 Å². The Balaban J connectivity index is 1.94. The third-order valence-corrected chi connectivity index (χ3v) is 3.05. The maximum absolute atomic E-state index is 11.8. The summed E-state index contributed by atoms with van der Waals surface area (Å²) in [6, 6.07) is 12.3. The number of anilines is 1. The number of ether oxygens (including phenoxy) is 1. The van der Waals surface area contributed by atoms with E-state index in [1.165, 1.54) is 18.2 Å². The Kier molecular flexibility index (Phi) is 5.03. The lowest BCUT2D eigenvalue weighted by molar-refractivity contribution is -0.384. The van der Waals surface area contributed by atoms with Gasteiger partial charge in [0.1, 0.15) is 0 Å². The van der Waals surface area contributed by atoms with Crippen LogP contribution in [-0.2, 0) is 9.53 Å². The van der Waals surface area contributed by atoms with Crippen LogP contribution >= 0.6 is 0 Å². The van der Waals surface area contributed by atoms with Gasteiger partial charge < -0.3 is 10.1 Å². The zero-order valence-corrected chi connectivity index (χ0v) is 12.3. The number of esters is 1. The van der Waals surface area contributed by atoms with Gasteiger partial charge in [0.05, 0.1) is 10.5 Å². The number of nitro benzene ring substituents is 1. The van der Waals surface area contributed by atoms with Crippen LogP contribution in [-0.4, -0.2) is 23.4 Å². The van der Waals surface area contributed by atoms with E-state index in [1.54, 1.807) is 12.1 Å². The molecule has 1 N–H and O–H groups in total. The normalized spacial score (nSPS) is 9.96. The van der Waals surface area contributed by atoms with E-state index < -0.39 is 23.4 Å². The first-order valence-corrected chi connectivity index (χ1v) is 6.74. The minimum atomic E-state index is -0.798. The van der Waals surface area contributed by atoms with Crippen molar-refractivity contribution in [1.29, 1.82) is 0 Å². The van der Waals surface area contributed by atoms with Crippen LogP contribution in [0, 0.1) is 17.0 Å². The Hall–Kier alpha value is -3.22. The number of hydrogen-bond donors (Lipinski definition) is 1. The predicted octanol–water partition coefficient (Wildman–Crippen LogP) is 2.70. The number of rotatable bonds is 5. The fraction of sp³-hybridized carbons (Fsp3) is 0.125. The van der Waals surface area contributed by atoms with Crippen molar-refractivity contribution in [2.45, 2.75) is 6.92 Å². The summed E-state index contributed by atoms with van der Waals surface area (Å²) in [4.78, 5) is 33.7. The van der Waals surface area contributed by atoms with E-state index in [0.717, 1.165) is 11.6 Å². The molecule has 0 bridgehead atoms. The number of carbonyl (C=O) groups excluding carboxylic acids is 2. The molecule has 2 rings (SSSR count). The van der Waals surface area contributed by atoms with Crippen LogP contribution in [0.3, 0.4) is 0 Å². The summed E-state index contributed by atoms with van der Waals surface area (Å²) in [6.45, 7) is 1.36. The molecular formula is C16H14N2O5. The minimum absolute atomic E-state index is 0.0166. The molecule has 0 aliphatic carbocycles. The summed E-state index contributed by atoms with van der Waals surface area (Å²) in [5.41, 5.74) is 1.31. The van der Waals surface area contributed by atoms with E-state index in [2.05, 4.69) is 5.32 Å². The quantitative estimate of drug-likeness (QED) is 0.519. The maximum Gasteiger partial charge on any atom is 0.338 e. The lowest BCUT2D eigenvalue weighted by Crippen LogP contribution is -2.21. The summed E-state index contributed by atoms with van der Waals surface area (Å²) in [7, 11) is 0. The topological polar surface area (TPSA) is 98.5 Å². The van der Waals surface area contributed by atoms with Gasteiger partial charge in [0.25, 0.3) is 11.6 Å². The van der Waals surface area contributed by atoms with Crippen LogP contribution in [0.25, 0.3) is 0 Å². The second kappa shape index (κ2) is 7.17. The van der Waals surface area contributed by atoms with Gasteiger partial charge in [-0.2, -0.15) is 0 Å². The van der Waals surface area contributed by atoms with Crippen molar-refractivity contribution in [3.63, 3.8) is 0 Å². The highest BCUT2D eigenvalue weighted by molar-refractivity contribution is 5.96. The molecule has 118 valence electrons. The Labute approximate surface area is 132 Å². The molecular weight excluding hydrogens is 300 g/mol. The molecule has 23 heavy (non-hydrogen) atoms. The first kappa shape index (κ1) is 16.2. The van der Waals surface area contributed by atoms with Crippen molar-refractivity contribution in [3.8, 4) is 0 Å². The number of nitro groups is 1. The van der Waals surface area contributed by atoms with E-state index in [0.29, 0.717) is 5.69 Å². The molecule has 0 saturated heterocycles. The highest BCUT2D eigenvalue weighted by atomic mass is 16.6. The maximum atomic E-state index is 11.8. The van der Waals surface area contributed by atoms with Crippen molar-refractivity contribution in [2.24, 2.45) is 0 Å². The molecule has 0 saturated carbocycles. The molecule has 0 spiro atoms. The van der Waals surface area contributed by atoms with Crippen molar-refractivity contribution in [2.75, 3.05) is 11.9 Å². The van der Waals surface area contributed by atoms with Gasteiger partial charge in [0.2, 0.25) is 0 Å². The molecule has 0 heterocycles. The van der Waals surface area contributed by atoms with E-state index >= 15 is 0 Å². The van der Waals surface area contributed by atoms with Crippen molar-refractivity contribution in [3.05, 3.63) is 69.8 Å². The fourth-order valence-electron chi connectivity index (χ4n) is 1.86. The molecule has 1 amide bonds. The molecule has 0 aromatic heterocycles. The molecule has 0 radical (unpaired) electrons. The Morgan fingerprint density at radius 1 is 1.17 bits per heavy atom. The van der Waals surface area contributed by atoms with Gasteiger partial charge in [-0.25, -0.2) is 4.79 Å². The van der Waals surface area contributed by atoms with Crippen molar-refractivity contribution in [1.82, 2.24) is 0 Å². The van der Waals surface area contributed by atoms with Crippen LogP contribution in [0.5, 0.6) is 0 Å². The minimum Gasteiger partial charge on any atom is -0.452 e. The second-order valence-electron chi connectivity index (χ2n) is 4.75. The molecule has 2 aromatic carbocycles. The second-order valence-corrected chi connectivity index (χ2v) is 4.75. The highest BCUT2D eigenvalue weighted by Gasteiger charge is 2.14. The molecule has 0 atom stereocenters. The van der Waals surface area contributed by atoms with Crippen LogP contribution < -0.4 is 5.32 Å². The summed E-state index contributed by atoms with van der Waals surface area (Å²) in [5, 5.41) is 13.3. The SMILES string of the molecule is Cc1ccccc1NC(=O)COC(=O)c1cccc([N+](=O)[O-])c1. The zero-order valence-electron chi connectivity index (χ0n) is 12.3. The number of non-ortho nitro benzene ring substituents is 1. The van der Waals surface area contributed by atoms with Gasteiger partial charge in [-0.3, -0.25) is 14.9 Å². The predicted molar refractivity (Wildman–Crippen MR) is 83.2 cm³/mol. The lowest BCUT2D eigenvalue weighted by atomic mass is 10.2. The largest absolute Gasteiger partial charge is 0.452 e. The Morgan fingerprint density at radius 3 is 2.61 bits per heavy atom. The molecule has 0 fully saturated rings. The third kappa shape index (κ3) is 4.37. The van der Waals surface area contributed by atoms with Gasteiger partial charge >= 0.3 is 5.97 Å². The van der Waals surface area contributed by atoms with Crippen LogP contribution in [0.1, 0.15) is 15.9 Å². The highest BCUT2D eigenvalue weighted by Crippen LogP contribution is 2.15. The Bertz CT molecular complexity index is 758. The van der Waals surface area contributed by atoms with Gasteiger partial charge in [0.15, 0.2) is 6.61 Å². The number of carbonyl (C=O) groups is 2. The van der Waals surface area contributed by atoms with E-state index in [1.807, 2.05) is 19.1 Å². The lowest BCUT2D eigenvalue weighted by Gasteiger charge is -2.08. The molecule has 7 heteroatoms. The smallest absolute Gasteiger partial charge is 0.338 e. The standard InChI is InChI=1S/C16H14N2O5/c1-11-5-2-3-8-14(11)17-15(19)10-23-16(20)12-6-4-7-13(9-12)18(21)22/h2-9H,10H2,1H3,(H,17,19). The summed E-state index contributed by atoms with van der Waals surface area (Å²) in [6.07, 6.45) is 0. The van der Waals surface area contributed by atoms with E-state index in [9.17, 15) is 19.7 Å². The van der Waals surface area contributed by atoms with Gasteiger partial charge in [0, 0.05) is 17.8 Å². The molecule has 0 unspecified atom stereocenters. The fourth-order valence-corrected chi connectivity index (χ4v) is 1.86. The van der Waals surface area contributed by atoms with Crippen LogP contribution in [0.15, 0.2) is 48.5 Å². The molecule has 0 aliphatic heterocycles. The molecule has 2 aromatic rings. The Morgan fingerprint density at radius 2 is 1.91 bits per heavy atom. The van der Waals surface area contributed by atoms with Crippen LogP contribution in [0.2, 0.25) is 0 Å². The van der Waals surface area contributed by atoms with Crippen LogP contribution in [0.4, 0.5) is 11.4 Å². The van der Waals surface area contributed by atoms with Gasteiger partial charge in [-0.15, -0.1) is 0 Å². The summed E-state index contributed by atoms with van der Waals surface area (Å²) >= 11 is 0. The summed E-state index contributed by atoms with van der Waals surface area (Å²) in [5.74, 6) is -1.29. The van der Waals surface area contributed by atoms with E-state index in [-0.39, 0.29) is 11.3 Å². The monoisotopic (exact) mass is 314 g/mol. The first-order valence-electron chi connectivity index (χ1n) is 6.74. The number of para-hydroxylation sites is 1. The van der Waals surface area contributed by atoms with Gasteiger partial charge in [-0.1, -0.05) is 24.3 Å². The number of hydrogen-bond acceptors (Lipinski definition) is 5. The average Bonchev–Trinajstić information content (AvgIpc) is 2.55. The third-order valence-electron chi connectivity index (χ3n) is 3.05. The number of nitrogens with one attached hydrogen (secondary N) is 1.